The molecule has 2 aliphatic rings. The van der Waals surface area contributed by atoms with E-state index >= 15 is 0 Å². The first kappa shape index (κ1) is 7.63. The van der Waals surface area contributed by atoms with Crippen LogP contribution in [0.1, 0.15) is 23.2 Å². The number of rotatable bonds is 0. The zero-order valence-electron chi connectivity index (χ0n) is 7.25. The van der Waals surface area contributed by atoms with E-state index in [-0.39, 0.29) is 5.41 Å². The summed E-state index contributed by atoms with van der Waals surface area (Å²) in [5.74, 6) is 1.39. The minimum Gasteiger partial charge on any atom is -0.293 e. The van der Waals surface area contributed by atoms with Crippen LogP contribution >= 0.6 is 11.8 Å². The van der Waals surface area contributed by atoms with Gasteiger partial charge in [-0.3, -0.25) is 4.79 Å². The maximum atomic E-state index is 12.0. The molecule has 0 saturated heterocycles. The number of benzene rings is 1. The minimum atomic E-state index is 0.0546. The summed E-state index contributed by atoms with van der Waals surface area (Å²) < 4.78 is 0. The van der Waals surface area contributed by atoms with Gasteiger partial charge in [-0.05, 0) is 18.9 Å². The van der Waals surface area contributed by atoms with Crippen LogP contribution in [0.25, 0.3) is 0 Å². The first-order chi connectivity index (χ1) is 6.32. The highest BCUT2D eigenvalue weighted by Crippen LogP contribution is 2.55. The predicted octanol–water partition coefficient (Wildman–Crippen LogP) is 2.76. The molecule has 0 atom stereocenters. The zero-order chi connectivity index (χ0) is 8.89. The summed E-state index contributed by atoms with van der Waals surface area (Å²) in [6.45, 7) is 0. The Morgan fingerprint density at radius 2 is 2.00 bits per heavy atom. The van der Waals surface area contributed by atoms with Gasteiger partial charge in [0.1, 0.15) is 0 Å². The predicted molar refractivity (Wildman–Crippen MR) is 53.2 cm³/mol. The normalized spacial score (nSPS) is 22.9. The van der Waals surface area contributed by atoms with Gasteiger partial charge in [0.25, 0.3) is 0 Å². The monoisotopic (exact) mass is 190 g/mol. The third-order valence-electron chi connectivity index (χ3n) is 2.97. The minimum absolute atomic E-state index is 0.0546. The fourth-order valence-corrected chi connectivity index (χ4v) is 3.21. The van der Waals surface area contributed by atoms with Gasteiger partial charge in [0.15, 0.2) is 5.78 Å². The molecule has 1 aliphatic carbocycles. The van der Waals surface area contributed by atoms with Crippen LogP contribution in [-0.4, -0.2) is 11.5 Å². The van der Waals surface area contributed by atoms with Crippen molar-refractivity contribution in [1.29, 1.82) is 0 Å². The first-order valence-corrected chi connectivity index (χ1v) is 5.57. The molecule has 1 fully saturated rings. The van der Waals surface area contributed by atoms with Gasteiger partial charge in [0.05, 0.1) is 0 Å². The SMILES string of the molecule is O=C1c2ccccc2SCC12CC2. The van der Waals surface area contributed by atoms with E-state index in [1.165, 1.54) is 4.90 Å². The Morgan fingerprint density at radius 1 is 1.23 bits per heavy atom. The lowest BCUT2D eigenvalue weighted by molar-refractivity contribution is 0.0909. The van der Waals surface area contributed by atoms with E-state index in [9.17, 15) is 4.79 Å². The highest BCUT2D eigenvalue weighted by molar-refractivity contribution is 7.99. The van der Waals surface area contributed by atoms with E-state index < -0.39 is 0 Å². The number of fused-ring (bicyclic) bond motifs is 1. The van der Waals surface area contributed by atoms with Gasteiger partial charge in [-0.15, -0.1) is 11.8 Å². The van der Waals surface area contributed by atoms with Crippen LogP contribution < -0.4 is 0 Å². The zero-order valence-corrected chi connectivity index (χ0v) is 8.06. The number of Topliss-reactive ketones (excluding diaryl/α,β-unsaturated/α-hetero) is 1. The van der Waals surface area contributed by atoms with E-state index in [0.717, 1.165) is 24.2 Å². The Hall–Kier alpha value is -0.760. The van der Waals surface area contributed by atoms with Crippen molar-refractivity contribution in [3.63, 3.8) is 0 Å². The fraction of sp³-hybridized carbons (Fsp3) is 0.364. The van der Waals surface area contributed by atoms with Gasteiger partial charge in [-0.1, -0.05) is 18.2 Å². The average molecular weight is 190 g/mol. The molecule has 1 aromatic rings. The van der Waals surface area contributed by atoms with Crippen LogP contribution in [-0.2, 0) is 0 Å². The molecule has 1 heterocycles. The molecule has 13 heavy (non-hydrogen) atoms. The third-order valence-corrected chi connectivity index (χ3v) is 4.33. The van der Waals surface area contributed by atoms with E-state index in [4.69, 9.17) is 0 Å². The molecule has 1 nitrogen and oxygen atoms in total. The summed E-state index contributed by atoms with van der Waals surface area (Å²) in [6.07, 6.45) is 2.21. The quantitative estimate of drug-likeness (QED) is 0.625. The lowest BCUT2D eigenvalue weighted by Gasteiger charge is -2.21. The Balaban J connectivity index is 2.13. The lowest BCUT2D eigenvalue weighted by atomic mass is 9.96. The molecule has 0 amide bonds. The Morgan fingerprint density at radius 3 is 2.77 bits per heavy atom. The van der Waals surface area contributed by atoms with Crippen LogP contribution in [0.15, 0.2) is 29.2 Å². The molecular formula is C11H10OS. The second-order valence-corrected chi connectivity index (χ2v) is 4.91. The van der Waals surface area contributed by atoms with Crippen molar-refractivity contribution < 1.29 is 4.79 Å². The summed E-state index contributed by atoms with van der Waals surface area (Å²) in [5.41, 5.74) is 1.01. The summed E-state index contributed by atoms with van der Waals surface area (Å²) in [7, 11) is 0. The molecule has 0 unspecified atom stereocenters. The molecule has 0 radical (unpaired) electrons. The van der Waals surface area contributed by atoms with E-state index in [0.29, 0.717) is 5.78 Å². The number of hydrogen-bond acceptors (Lipinski definition) is 2. The molecule has 0 N–H and O–H groups in total. The highest BCUT2D eigenvalue weighted by Gasteiger charge is 2.52. The van der Waals surface area contributed by atoms with Gasteiger partial charge in [-0.2, -0.15) is 0 Å². The van der Waals surface area contributed by atoms with Crippen LogP contribution in [0.4, 0.5) is 0 Å². The molecule has 66 valence electrons. The van der Waals surface area contributed by atoms with Gasteiger partial charge in [0.2, 0.25) is 0 Å². The van der Waals surface area contributed by atoms with E-state index in [2.05, 4.69) is 0 Å². The van der Waals surface area contributed by atoms with Crippen LogP contribution in [0.2, 0.25) is 0 Å². The average Bonchev–Trinajstić information content (AvgIpc) is 2.94. The molecule has 0 bridgehead atoms. The Labute approximate surface area is 81.5 Å². The lowest BCUT2D eigenvalue weighted by Crippen LogP contribution is -2.23. The van der Waals surface area contributed by atoms with Crippen molar-refractivity contribution >= 4 is 17.5 Å². The number of carbonyl (C=O) groups is 1. The Kier molecular flexibility index (Phi) is 1.40. The van der Waals surface area contributed by atoms with Crippen molar-refractivity contribution in [2.45, 2.75) is 17.7 Å². The fourth-order valence-electron chi connectivity index (χ4n) is 1.87. The number of carbonyl (C=O) groups excluding carboxylic acids is 1. The molecule has 2 heteroatoms. The summed E-state index contributed by atoms with van der Waals surface area (Å²) in [6, 6.07) is 7.97. The summed E-state index contributed by atoms with van der Waals surface area (Å²) >= 11 is 1.84. The van der Waals surface area contributed by atoms with Crippen molar-refractivity contribution in [3.05, 3.63) is 29.8 Å². The molecule has 1 aromatic carbocycles. The van der Waals surface area contributed by atoms with Crippen LogP contribution in [0.5, 0.6) is 0 Å². The Bertz CT molecular complexity index is 379. The number of thioether (sulfide) groups is 1. The smallest absolute Gasteiger partial charge is 0.170 e. The molecule has 1 spiro atoms. The maximum Gasteiger partial charge on any atom is 0.170 e. The van der Waals surface area contributed by atoms with Crippen molar-refractivity contribution in [2.24, 2.45) is 5.41 Å². The van der Waals surface area contributed by atoms with Crippen molar-refractivity contribution in [2.75, 3.05) is 5.75 Å². The molecular weight excluding hydrogens is 180 g/mol. The van der Waals surface area contributed by atoms with E-state index in [1.54, 1.807) is 0 Å². The second kappa shape index (κ2) is 2.38. The third kappa shape index (κ3) is 0.983. The summed E-state index contributed by atoms with van der Waals surface area (Å²) in [4.78, 5) is 13.2. The van der Waals surface area contributed by atoms with Gasteiger partial charge in [-0.25, -0.2) is 0 Å². The maximum absolute atomic E-state index is 12.0. The van der Waals surface area contributed by atoms with Crippen molar-refractivity contribution in [1.82, 2.24) is 0 Å². The second-order valence-electron chi connectivity index (χ2n) is 3.89. The molecule has 3 rings (SSSR count). The van der Waals surface area contributed by atoms with Crippen LogP contribution in [0, 0.1) is 5.41 Å². The van der Waals surface area contributed by atoms with Gasteiger partial charge in [0, 0.05) is 21.6 Å². The molecule has 1 saturated carbocycles. The standard InChI is InChI=1S/C11H10OS/c12-10-8-3-1-2-4-9(8)13-7-11(10)5-6-11/h1-4H,5-7H2. The number of ketones is 1. The van der Waals surface area contributed by atoms with Crippen LogP contribution in [0.3, 0.4) is 0 Å². The molecule has 0 aromatic heterocycles. The largest absolute Gasteiger partial charge is 0.293 e. The topological polar surface area (TPSA) is 17.1 Å². The van der Waals surface area contributed by atoms with Gasteiger partial charge < -0.3 is 0 Å². The number of hydrogen-bond donors (Lipinski definition) is 0. The highest BCUT2D eigenvalue weighted by atomic mass is 32.2. The first-order valence-electron chi connectivity index (χ1n) is 4.58. The van der Waals surface area contributed by atoms with E-state index in [1.807, 2.05) is 36.0 Å². The van der Waals surface area contributed by atoms with Crippen molar-refractivity contribution in [3.8, 4) is 0 Å². The van der Waals surface area contributed by atoms with Gasteiger partial charge >= 0.3 is 0 Å². The molecule has 1 aliphatic heterocycles. The summed E-state index contributed by atoms with van der Waals surface area (Å²) in [5, 5.41) is 0.